The first-order chi connectivity index (χ1) is 10.2. The van der Waals surface area contributed by atoms with E-state index in [0.717, 1.165) is 30.9 Å². The number of carbonyl (C=O) groups is 1. The highest BCUT2D eigenvalue weighted by molar-refractivity contribution is 5.94. The smallest absolute Gasteiger partial charge is 0.252 e. The Kier molecular flexibility index (Phi) is 3.56. The standard InChI is InChI=1S/C16H18N4O/c1-11-8-13(16(21)17-2)9-19-15(11)20-7-5-14-12(10-20)4-3-6-18-14/h3-4,6,8-9H,5,7,10H2,1-2H3,(H,17,21). The van der Waals surface area contributed by atoms with E-state index in [1.165, 1.54) is 11.3 Å². The van der Waals surface area contributed by atoms with Gasteiger partial charge in [0.2, 0.25) is 0 Å². The molecule has 0 fully saturated rings. The summed E-state index contributed by atoms with van der Waals surface area (Å²) in [6.07, 6.45) is 4.41. The molecule has 2 aromatic rings. The molecule has 5 heteroatoms. The van der Waals surface area contributed by atoms with E-state index in [2.05, 4.69) is 26.3 Å². The molecule has 21 heavy (non-hydrogen) atoms. The monoisotopic (exact) mass is 282 g/mol. The largest absolute Gasteiger partial charge is 0.355 e. The van der Waals surface area contributed by atoms with Crippen LogP contribution < -0.4 is 10.2 Å². The Morgan fingerprint density at radius 3 is 3.00 bits per heavy atom. The van der Waals surface area contributed by atoms with Crippen LogP contribution in [0, 0.1) is 6.92 Å². The first-order valence-corrected chi connectivity index (χ1v) is 7.05. The summed E-state index contributed by atoms with van der Waals surface area (Å²) in [5, 5.41) is 2.62. The van der Waals surface area contributed by atoms with Crippen LogP contribution in [0.25, 0.3) is 0 Å². The quantitative estimate of drug-likeness (QED) is 0.911. The zero-order valence-electron chi connectivity index (χ0n) is 12.3. The molecule has 0 saturated carbocycles. The number of carbonyl (C=O) groups excluding carboxylic acids is 1. The zero-order chi connectivity index (χ0) is 14.8. The number of amides is 1. The van der Waals surface area contributed by atoms with Crippen molar-refractivity contribution in [1.29, 1.82) is 0 Å². The molecule has 0 bridgehead atoms. The van der Waals surface area contributed by atoms with Gasteiger partial charge < -0.3 is 10.2 Å². The van der Waals surface area contributed by atoms with Crippen LogP contribution in [0.1, 0.15) is 27.2 Å². The summed E-state index contributed by atoms with van der Waals surface area (Å²) in [5.41, 5.74) is 4.04. The van der Waals surface area contributed by atoms with E-state index in [4.69, 9.17) is 0 Å². The van der Waals surface area contributed by atoms with Crippen LogP contribution in [-0.2, 0) is 13.0 Å². The maximum absolute atomic E-state index is 11.6. The fourth-order valence-corrected chi connectivity index (χ4v) is 2.71. The van der Waals surface area contributed by atoms with Gasteiger partial charge in [-0.25, -0.2) is 4.98 Å². The third-order valence-corrected chi connectivity index (χ3v) is 3.80. The first kappa shape index (κ1) is 13.5. The minimum Gasteiger partial charge on any atom is -0.355 e. The van der Waals surface area contributed by atoms with Gasteiger partial charge in [0, 0.05) is 44.6 Å². The van der Waals surface area contributed by atoms with Gasteiger partial charge in [-0.15, -0.1) is 0 Å². The van der Waals surface area contributed by atoms with Gasteiger partial charge in [0.1, 0.15) is 5.82 Å². The van der Waals surface area contributed by atoms with E-state index in [0.29, 0.717) is 5.56 Å². The van der Waals surface area contributed by atoms with Crippen LogP contribution in [0.4, 0.5) is 5.82 Å². The Bertz CT molecular complexity index is 684. The van der Waals surface area contributed by atoms with Crippen molar-refractivity contribution in [2.75, 3.05) is 18.5 Å². The Morgan fingerprint density at radius 2 is 2.24 bits per heavy atom. The van der Waals surface area contributed by atoms with E-state index in [-0.39, 0.29) is 5.91 Å². The van der Waals surface area contributed by atoms with Crippen molar-refractivity contribution in [3.05, 3.63) is 53.0 Å². The lowest BCUT2D eigenvalue weighted by molar-refractivity contribution is 0.0962. The molecular weight excluding hydrogens is 264 g/mol. The Labute approximate surface area is 124 Å². The van der Waals surface area contributed by atoms with Crippen molar-refractivity contribution in [3.63, 3.8) is 0 Å². The van der Waals surface area contributed by atoms with Gasteiger partial charge in [0.25, 0.3) is 5.91 Å². The van der Waals surface area contributed by atoms with Gasteiger partial charge in [-0.1, -0.05) is 6.07 Å². The minimum absolute atomic E-state index is 0.106. The number of anilines is 1. The molecular formula is C16H18N4O. The summed E-state index contributed by atoms with van der Waals surface area (Å²) < 4.78 is 0. The molecule has 0 atom stereocenters. The van der Waals surface area contributed by atoms with Crippen molar-refractivity contribution >= 4 is 11.7 Å². The van der Waals surface area contributed by atoms with E-state index in [1.807, 2.05) is 25.3 Å². The average Bonchev–Trinajstić information content (AvgIpc) is 2.53. The molecule has 1 aliphatic rings. The average molecular weight is 282 g/mol. The van der Waals surface area contributed by atoms with Crippen LogP contribution in [0.15, 0.2) is 30.6 Å². The molecule has 1 amide bonds. The lowest BCUT2D eigenvalue weighted by Gasteiger charge is -2.30. The third-order valence-electron chi connectivity index (χ3n) is 3.80. The SMILES string of the molecule is CNC(=O)c1cnc(N2CCc3ncccc3C2)c(C)c1. The highest BCUT2D eigenvalue weighted by atomic mass is 16.1. The van der Waals surface area contributed by atoms with Gasteiger partial charge in [-0.2, -0.15) is 0 Å². The number of hydrogen-bond donors (Lipinski definition) is 1. The highest BCUT2D eigenvalue weighted by Gasteiger charge is 2.20. The maximum atomic E-state index is 11.6. The van der Waals surface area contributed by atoms with E-state index >= 15 is 0 Å². The summed E-state index contributed by atoms with van der Waals surface area (Å²) in [5.74, 6) is 0.836. The third kappa shape index (κ3) is 2.59. The number of hydrogen-bond acceptors (Lipinski definition) is 4. The van der Waals surface area contributed by atoms with Gasteiger partial charge >= 0.3 is 0 Å². The van der Waals surface area contributed by atoms with Crippen molar-refractivity contribution in [2.45, 2.75) is 19.9 Å². The van der Waals surface area contributed by atoms with Gasteiger partial charge in [-0.05, 0) is 30.2 Å². The summed E-state index contributed by atoms with van der Waals surface area (Å²) in [4.78, 5) is 22.8. The molecule has 3 rings (SSSR count). The van der Waals surface area contributed by atoms with Crippen LogP contribution in [0.2, 0.25) is 0 Å². The molecule has 0 radical (unpaired) electrons. The predicted octanol–water partition coefficient (Wildman–Crippen LogP) is 1.71. The maximum Gasteiger partial charge on any atom is 0.252 e. The number of pyridine rings is 2. The number of nitrogens with zero attached hydrogens (tertiary/aromatic N) is 3. The highest BCUT2D eigenvalue weighted by Crippen LogP contribution is 2.24. The molecule has 5 nitrogen and oxygen atoms in total. The Hall–Kier alpha value is -2.43. The Morgan fingerprint density at radius 1 is 1.38 bits per heavy atom. The second-order valence-corrected chi connectivity index (χ2v) is 5.22. The normalized spacial score (nSPS) is 13.7. The molecule has 0 saturated heterocycles. The molecule has 0 spiro atoms. The Balaban J connectivity index is 1.87. The van der Waals surface area contributed by atoms with Crippen LogP contribution in [0.3, 0.4) is 0 Å². The summed E-state index contributed by atoms with van der Waals surface area (Å²) in [7, 11) is 1.63. The van der Waals surface area contributed by atoms with Crippen LogP contribution >= 0.6 is 0 Å². The van der Waals surface area contributed by atoms with Crippen molar-refractivity contribution in [3.8, 4) is 0 Å². The van der Waals surface area contributed by atoms with Gasteiger partial charge in [-0.3, -0.25) is 9.78 Å². The lowest BCUT2D eigenvalue weighted by Crippen LogP contribution is -2.32. The summed E-state index contributed by atoms with van der Waals surface area (Å²) in [6.45, 7) is 3.71. The second kappa shape index (κ2) is 5.52. The number of fused-ring (bicyclic) bond motifs is 1. The van der Waals surface area contributed by atoms with Gasteiger partial charge in [0.15, 0.2) is 0 Å². The molecule has 2 aromatic heterocycles. The van der Waals surface area contributed by atoms with Crippen molar-refractivity contribution < 1.29 is 4.79 Å². The second-order valence-electron chi connectivity index (χ2n) is 5.22. The number of aryl methyl sites for hydroxylation is 1. The molecule has 0 aromatic carbocycles. The molecule has 1 N–H and O–H groups in total. The predicted molar refractivity (Wildman–Crippen MR) is 81.4 cm³/mol. The molecule has 3 heterocycles. The number of rotatable bonds is 2. The topological polar surface area (TPSA) is 58.1 Å². The lowest BCUT2D eigenvalue weighted by atomic mass is 10.0. The molecule has 108 valence electrons. The van der Waals surface area contributed by atoms with Crippen LogP contribution in [0.5, 0.6) is 0 Å². The first-order valence-electron chi connectivity index (χ1n) is 7.05. The van der Waals surface area contributed by atoms with Crippen molar-refractivity contribution in [1.82, 2.24) is 15.3 Å². The summed E-state index contributed by atoms with van der Waals surface area (Å²) >= 11 is 0. The number of nitrogens with one attached hydrogen (secondary N) is 1. The molecule has 0 unspecified atom stereocenters. The molecule has 0 aliphatic carbocycles. The van der Waals surface area contributed by atoms with Crippen LogP contribution in [-0.4, -0.2) is 29.5 Å². The molecule has 1 aliphatic heterocycles. The van der Waals surface area contributed by atoms with E-state index in [1.54, 1.807) is 13.2 Å². The fourth-order valence-electron chi connectivity index (χ4n) is 2.71. The summed E-state index contributed by atoms with van der Waals surface area (Å²) in [6, 6.07) is 5.97. The number of aromatic nitrogens is 2. The van der Waals surface area contributed by atoms with E-state index in [9.17, 15) is 4.79 Å². The fraction of sp³-hybridized carbons (Fsp3) is 0.312. The zero-order valence-corrected chi connectivity index (χ0v) is 12.3. The van der Waals surface area contributed by atoms with Gasteiger partial charge in [0.05, 0.1) is 5.56 Å². The van der Waals surface area contributed by atoms with E-state index < -0.39 is 0 Å². The minimum atomic E-state index is -0.106. The van der Waals surface area contributed by atoms with Crippen molar-refractivity contribution in [2.24, 2.45) is 0 Å².